The van der Waals surface area contributed by atoms with E-state index in [0.29, 0.717) is 0 Å². The Morgan fingerprint density at radius 2 is 1.71 bits per heavy atom. The van der Waals surface area contributed by atoms with Gasteiger partial charge < -0.3 is 0 Å². The van der Waals surface area contributed by atoms with Crippen molar-refractivity contribution in [2.75, 3.05) is 0 Å². The predicted octanol–water partition coefficient (Wildman–Crippen LogP) is 2.93. The molecule has 0 aliphatic carbocycles. The molecule has 0 saturated carbocycles. The lowest BCUT2D eigenvalue weighted by Gasteiger charge is -2.04. The minimum atomic E-state index is 0.830. The average molecular weight is 221 g/mol. The van der Waals surface area contributed by atoms with Crippen LogP contribution < -0.4 is 0 Å². The average Bonchev–Trinajstić information content (AvgIpc) is 2.94. The Morgan fingerprint density at radius 3 is 2.47 bits per heavy atom. The van der Waals surface area contributed by atoms with Crippen LogP contribution in [-0.2, 0) is 0 Å². The van der Waals surface area contributed by atoms with Crippen molar-refractivity contribution in [2.45, 2.75) is 0 Å². The van der Waals surface area contributed by atoms with Crippen molar-refractivity contribution in [3.8, 4) is 17.1 Å². The maximum Gasteiger partial charge on any atom is 0.153 e. The summed E-state index contributed by atoms with van der Waals surface area (Å²) in [5, 5.41) is 4.18. The van der Waals surface area contributed by atoms with Gasteiger partial charge in [-0.05, 0) is 18.2 Å². The molecular formula is C14H11N3. The van der Waals surface area contributed by atoms with Crippen molar-refractivity contribution in [3.05, 3.63) is 67.0 Å². The highest BCUT2D eigenvalue weighted by Gasteiger charge is 2.01. The standard InChI is InChI=1S/C14H11N3/c1-2-6-12(7-3-1)13-8-4-9-14(16-13)17-11-5-10-15-17/h1-11H. The van der Waals surface area contributed by atoms with E-state index in [9.17, 15) is 0 Å². The fourth-order valence-corrected chi connectivity index (χ4v) is 1.72. The molecule has 3 heteroatoms. The molecule has 0 atom stereocenters. The number of hydrogen-bond acceptors (Lipinski definition) is 2. The molecule has 0 unspecified atom stereocenters. The normalized spacial score (nSPS) is 10.4. The topological polar surface area (TPSA) is 30.7 Å². The molecule has 2 aromatic heterocycles. The van der Waals surface area contributed by atoms with Gasteiger partial charge in [-0.1, -0.05) is 36.4 Å². The van der Waals surface area contributed by atoms with E-state index in [1.807, 2.05) is 48.7 Å². The third kappa shape index (κ3) is 1.95. The molecule has 0 bridgehead atoms. The van der Waals surface area contributed by atoms with Gasteiger partial charge in [0, 0.05) is 18.0 Å². The van der Waals surface area contributed by atoms with Gasteiger partial charge in [-0.25, -0.2) is 9.67 Å². The predicted molar refractivity (Wildman–Crippen MR) is 66.8 cm³/mol. The van der Waals surface area contributed by atoms with E-state index in [-0.39, 0.29) is 0 Å². The number of hydrogen-bond donors (Lipinski definition) is 0. The van der Waals surface area contributed by atoms with Crippen molar-refractivity contribution < 1.29 is 0 Å². The van der Waals surface area contributed by atoms with Gasteiger partial charge >= 0.3 is 0 Å². The van der Waals surface area contributed by atoms with E-state index in [1.165, 1.54) is 0 Å². The van der Waals surface area contributed by atoms with Gasteiger partial charge in [0.25, 0.3) is 0 Å². The second-order valence-electron chi connectivity index (χ2n) is 3.70. The highest BCUT2D eigenvalue weighted by atomic mass is 15.3. The lowest BCUT2D eigenvalue weighted by atomic mass is 10.1. The summed E-state index contributed by atoms with van der Waals surface area (Å²) in [5.41, 5.74) is 2.07. The van der Waals surface area contributed by atoms with Gasteiger partial charge in [0.2, 0.25) is 0 Å². The minimum Gasteiger partial charge on any atom is -0.229 e. The SMILES string of the molecule is c1ccc(-c2cccc(-n3cccn3)n2)cc1. The van der Waals surface area contributed by atoms with Crippen LogP contribution >= 0.6 is 0 Å². The zero-order chi connectivity index (χ0) is 11.5. The van der Waals surface area contributed by atoms with E-state index in [2.05, 4.69) is 22.2 Å². The van der Waals surface area contributed by atoms with Crippen molar-refractivity contribution in [2.24, 2.45) is 0 Å². The first-order valence-corrected chi connectivity index (χ1v) is 5.46. The van der Waals surface area contributed by atoms with Gasteiger partial charge in [0.05, 0.1) is 5.69 Å². The van der Waals surface area contributed by atoms with Crippen LogP contribution in [0, 0.1) is 0 Å². The number of benzene rings is 1. The molecule has 2 heterocycles. The van der Waals surface area contributed by atoms with Crippen LogP contribution in [0.5, 0.6) is 0 Å². The first-order valence-electron chi connectivity index (χ1n) is 5.46. The maximum atomic E-state index is 4.59. The fraction of sp³-hybridized carbons (Fsp3) is 0. The molecule has 82 valence electrons. The van der Waals surface area contributed by atoms with Crippen molar-refractivity contribution in [1.82, 2.24) is 14.8 Å². The molecule has 0 fully saturated rings. The molecule has 0 saturated heterocycles. The van der Waals surface area contributed by atoms with Crippen molar-refractivity contribution in [3.63, 3.8) is 0 Å². The summed E-state index contributed by atoms with van der Waals surface area (Å²) in [7, 11) is 0. The summed E-state index contributed by atoms with van der Waals surface area (Å²) in [6, 6.07) is 17.9. The highest BCUT2D eigenvalue weighted by Crippen LogP contribution is 2.17. The molecule has 0 aliphatic rings. The third-order valence-corrected chi connectivity index (χ3v) is 2.54. The highest BCUT2D eigenvalue weighted by molar-refractivity contribution is 5.59. The molecule has 0 radical (unpaired) electrons. The summed E-state index contributed by atoms with van der Waals surface area (Å²) < 4.78 is 1.76. The molecule has 3 aromatic rings. The van der Waals surface area contributed by atoms with E-state index in [1.54, 1.807) is 10.9 Å². The Bertz CT molecular complexity index is 600. The molecule has 0 amide bonds. The summed E-state index contributed by atoms with van der Waals surface area (Å²) in [6.07, 6.45) is 3.63. The first-order chi connectivity index (χ1) is 8.43. The Hall–Kier alpha value is -2.42. The van der Waals surface area contributed by atoms with Crippen molar-refractivity contribution >= 4 is 0 Å². The minimum absolute atomic E-state index is 0.830. The summed E-state index contributed by atoms with van der Waals surface area (Å²) in [6.45, 7) is 0. The lowest BCUT2D eigenvalue weighted by molar-refractivity contribution is 0.848. The van der Waals surface area contributed by atoms with Gasteiger partial charge in [0.15, 0.2) is 5.82 Å². The molecule has 3 rings (SSSR count). The molecule has 0 aliphatic heterocycles. The first kappa shape index (κ1) is 9.78. The smallest absolute Gasteiger partial charge is 0.153 e. The number of nitrogens with zero attached hydrogens (tertiary/aromatic N) is 3. The van der Waals surface area contributed by atoms with Crippen LogP contribution in [0.2, 0.25) is 0 Å². The van der Waals surface area contributed by atoms with Gasteiger partial charge in [-0.15, -0.1) is 0 Å². The Morgan fingerprint density at radius 1 is 0.824 bits per heavy atom. The monoisotopic (exact) mass is 221 g/mol. The summed E-state index contributed by atoms with van der Waals surface area (Å²) >= 11 is 0. The van der Waals surface area contributed by atoms with Crippen LogP contribution in [0.15, 0.2) is 67.0 Å². The molecular weight excluding hydrogens is 210 g/mol. The molecule has 3 nitrogen and oxygen atoms in total. The molecule has 0 spiro atoms. The lowest BCUT2D eigenvalue weighted by Crippen LogP contribution is -1.98. The number of rotatable bonds is 2. The van der Waals surface area contributed by atoms with E-state index in [4.69, 9.17) is 0 Å². The van der Waals surface area contributed by atoms with E-state index < -0.39 is 0 Å². The second-order valence-corrected chi connectivity index (χ2v) is 3.70. The van der Waals surface area contributed by atoms with E-state index in [0.717, 1.165) is 17.1 Å². The summed E-state index contributed by atoms with van der Waals surface area (Å²) in [4.78, 5) is 4.59. The van der Waals surface area contributed by atoms with Crippen LogP contribution in [-0.4, -0.2) is 14.8 Å². The third-order valence-electron chi connectivity index (χ3n) is 2.54. The molecule has 0 N–H and O–H groups in total. The molecule has 1 aromatic carbocycles. The quantitative estimate of drug-likeness (QED) is 0.666. The largest absolute Gasteiger partial charge is 0.229 e. The fourth-order valence-electron chi connectivity index (χ4n) is 1.72. The number of pyridine rings is 1. The van der Waals surface area contributed by atoms with Gasteiger partial charge in [-0.3, -0.25) is 0 Å². The Balaban J connectivity index is 2.06. The second kappa shape index (κ2) is 4.22. The molecule has 17 heavy (non-hydrogen) atoms. The van der Waals surface area contributed by atoms with Crippen LogP contribution in [0.1, 0.15) is 0 Å². The van der Waals surface area contributed by atoms with Gasteiger partial charge in [0.1, 0.15) is 0 Å². The van der Waals surface area contributed by atoms with Gasteiger partial charge in [-0.2, -0.15) is 5.10 Å². The van der Waals surface area contributed by atoms with E-state index >= 15 is 0 Å². The zero-order valence-electron chi connectivity index (χ0n) is 9.19. The van der Waals surface area contributed by atoms with Crippen LogP contribution in [0.3, 0.4) is 0 Å². The van der Waals surface area contributed by atoms with Crippen LogP contribution in [0.4, 0.5) is 0 Å². The summed E-state index contributed by atoms with van der Waals surface area (Å²) in [5.74, 6) is 0.830. The van der Waals surface area contributed by atoms with Crippen molar-refractivity contribution in [1.29, 1.82) is 0 Å². The maximum absolute atomic E-state index is 4.59. The van der Waals surface area contributed by atoms with Crippen LogP contribution in [0.25, 0.3) is 17.1 Å². The zero-order valence-corrected chi connectivity index (χ0v) is 9.19. The number of aromatic nitrogens is 3. The Labute approximate surface area is 99.4 Å². The Kier molecular flexibility index (Phi) is 2.43.